The van der Waals surface area contributed by atoms with E-state index >= 15 is 0 Å². The summed E-state index contributed by atoms with van der Waals surface area (Å²) in [5.41, 5.74) is 1.14. The first kappa shape index (κ1) is 14.8. The molecule has 1 rings (SSSR count). The van der Waals surface area contributed by atoms with Crippen LogP contribution in [0.2, 0.25) is 0 Å². The maximum atomic E-state index is 12.0. The van der Waals surface area contributed by atoms with Crippen molar-refractivity contribution >= 4 is 16.8 Å². The fourth-order valence-electron chi connectivity index (χ4n) is 1.33. The SMILES string of the molecule is COC(=O)c1ccc(CS(=O)C(C)C(C)C)nc1. The van der Waals surface area contributed by atoms with Crippen molar-refractivity contribution in [3.05, 3.63) is 29.6 Å². The van der Waals surface area contributed by atoms with Crippen LogP contribution in [0.3, 0.4) is 0 Å². The smallest absolute Gasteiger partial charge is 0.339 e. The Labute approximate surface area is 110 Å². The van der Waals surface area contributed by atoms with Gasteiger partial charge in [-0.05, 0) is 18.1 Å². The van der Waals surface area contributed by atoms with Crippen LogP contribution in [0.25, 0.3) is 0 Å². The van der Waals surface area contributed by atoms with E-state index < -0.39 is 16.8 Å². The number of nitrogens with zero attached hydrogens (tertiary/aromatic N) is 1. The van der Waals surface area contributed by atoms with Gasteiger partial charge in [0.05, 0.1) is 24.1 Å². The van der Waals surface area contributed by atoms with Crippen LogP contribution in [0, 0.1) is 5.92 Å². The van der Waals surface area contributed by atoms with Crippen LogP contribution in [0.5, 0.6) is 0 Å². The Kier molecular flexibility index (Phi) is 5.47. The summed E-state index contributed by atoms with van der Waals surface area (Å²) in [6.45, 7) is 6.08. The summed E-state index contributed by atoms with van der Waals surface area (Å²) in [7, 11) is 0.385. The quantitative estimate of drug-likeness (QED) is 0.769. The third-order valence-corrected chi connectivity index (χ3v) is 4.84. The third-order valence-electron chi connectivity index (χ3n) is 2.89. The lowest BCUT2D eigenvalue weighted by Gasteiger charge is -2.14. The van der Waals surface area contributed by atoms with E-state index in [4.69, 9.17) is 0 Å². The molecule has 1 aromatic heterocycles. The molecule has 0 radical (unpaired) electrons. The first-order valence-corrected chi connectivity index (χ1v) is 7.24. The number of hydrogen-bond acceptors (Lipinski definition) is 4. The number of carbonyl (C=O) groups is 1. The van der Waals surface area contributed by atoms with Crippen LogP contribution in [0.4, 0.5) is 0 Å². The zero-order valence-corrected chi connectivity index (χ0v) is 12.0. The second-order valence-corrected chi connectivity index (χ2v) is 6.30. The largest absolute Gasteiger partial charge is 0.465 e. The monoisotopic (exact) mass is 269 g/mol. The summed E-state index contributed by atoms with van der Waals surface area (Å²) in [4.78, 5) is 15.4. The Morgan fingerprint density at radius 3 is 2.50 bits per heavy atom. The molecule has 1 aromatic rings. The van der Waals surface area contributed by atoms with Gasteiger partial charge in [0.25, 0.3) is 0 Å². The highest BCUT2D eigenvalue weighted by molar-refractivity contribution is 7.84. The van der Waals surface area contributed by atoms with Crippen LogP contribution in [-0.4, -0.2) is 27.5 Å². The molecule has 2 unspecified atom stereocenters. The van der Waals surface area contributed by atoms with Gasteiger partial charge in [0.15, 0.2) is 0 Å². The summed E-state index contributed by atoms with van der Waals surface area (Å²) in [6, 6.07) is 3.36. The minimum atomic E-state index is -0.944. The summed E-state index contributed by atoms with van der Waals surface area (Å²) in [5, 5.41) is 0.132. The zero-order valence-electron chi connectivity index (χ0n) is 11.2. The Hall–Kier alpha value is -1.23. The highest BCUT2D eigenvalue weighted by Gasteiger charge is 2.16. The van der Waals surface area contributed by atoms with E-state index in [1.165, 1.54) is 13.3 Å². The molecule has 0 N–H and O–H groups in total. The van der Waals surface area contributed by atoms with Gasteiger partial charge >= 0.3 is 5.97 Å². The fraction of sp³-hybridized carbons (Fsp3) is 0.538. The predicted molar refractivity (Wildman–Crippen MR) is 71.7 cm³/mol. The van der Waals surface area contributed by atoms with E-state index in [2.05, 4.69) is 23.6 Å². The van der Waals surface area contributed by atoms with Crippen molar-refractivity contribution in [1.29, 1.82) is 0 Å². The Morgan fingerprint density at radius 2 is 2.06 bits per heavy atom. The van der Waals surface area contributed by atoms with Gasteiger partial charge in [-0.2, -0.15) is 0 Å². The molecule has 0 aliphatic rings. The molecule has 0 fully saturated rings. The van der Waals surface area contributed by atoms with Gasteiger partial charge in [-0.3, -0.25) is 9.19 Å². The number of esters is 1. The maximum Gasteiger partial charge on any atom is 0.339 e. The standard InChI is InChI=1S/C13H19NO3S/c1-9(2)10(3)18(16)8-12-6-5-11(7-14-12)13(15)17-4/h5-7,9-10H,8H2,1-4H3. The summed E-state index contributed by atoms with van der Waals surface area (Å²) in [5.74, 6) is 0.381. The molecule has 0 aliphatic heterocycles. The van der Waals surface area contributed by atoms with Crippen LogP contribution >= 0.6 is 0 Å². The first-order chi connectivity index (χ1) is 8.45. The fourth-order valence-corrected chi connectivity index (χ4v) is 2.66. The first-order valence-electron chi connectivity index (χ1n) is 5.86. The molecule has 0 amide bonds. The lowest BCUT2D eigenvalue weighted by molar-refractivity contribution is 0.0600. The highest BCUT2D eigenvalue weighted by atomic mass is 32.2. The number of hydrogen-bond donors (Lipinski definition) is 0. The van der Waals surface area contributed by atoms with Gasteiger partial charge in [-0.15, -0.1) is 0 Å². The lowest BCUT2D eigenvalue weighted by Crippen LogP contribution is -2.19. The maximum absolute atomic E-state index is 12.0. The molecule has 100 valence electrons. The van der Waals surface area contributed by atoms with E-state index in [-0.39, 0.29) is 5.25 Å². The highest BCUT2D eigenvalue weighted by Crippen LogP contribution is 2.13. The minimum Gasteiger partial charge on any atom is -0.465 e. The van der Waals surface area contributed by atoms with Crippen molar-refractivity contribution in [2.24, 2.45) is 5.92 Å². The van der Waals surface area contributed by atoms with Crippen molar-refractivity contribution in [1.82, 2.24) is 4.98 Å². The van der Waals surface area contributed by atoms with Gasteiger partial charge in [0.2, 0.25) is 0 Å². The van der Waals surface area contributed by atoms with Crippen LogP contribution in [0.15, 0.2) is 18.3 Å². The van der Waals surface area contributed by atoms with Gasteiger partial charge in [-0.1, -0.05) is 20.8 Å². The van der Waals surface area contributed by atoms with Gasteiger partial charge < -0.3 is 4.74 Å². The number of pyridine rings is 1. The molecule has 0 bridgehead atoms. The van der Waals surface area contributed by atoms with Crippen LogP contribution < -0.4 is 0 Å². The van der Waals surface area contributed by atoms with Crippen LogP contribution in [0.1, 0.15) is 36.8 Å². The summed E-state index contributed by atoms with van der Waals surface area (Å²) < 4.78 is 16.6. The molecular formula is C13H19NO3S. The predicted octanol–water partition coefficient (Wildman–Crippen LogP) is 2.16. The Bertz CT molecular complexity index is 428. The topological polar surface area (TPSA) is 56.3 Å². The van der Waals surface area contributed by atoms with Crippen LogP contribution in [-0.2, 0) is 21.3 Å². The van der Waals surface area contributed by atoms with E-state index in [0.717, 1.165) is 5.69 Å². The average Bonchev–Trinajstić information content (AvgIpc) is 2.37. The van der Waals surface area contributed by atoms with Crippen molar-refractivity contribution < 1.29 is 13.7 Å². The molecule has 2 atom stereocenters. The van der Waals surface area contributed by atoms with E-state index in [0.29, 0.717) is 17.2 Å². The summed E-state index contributed by atoms with van der Waals surface area (Å²) >= 11 is 0. The van der Waals surface area contributed by atoms with Gasteiger partial charge in [-0.25, -0.2) is 4.79 Å². The van der Waals surface area contributed by atoms with Crippen molar-refractivity contribution in [3.63, 3.8) is 0 Å². The third kappa shape index (κ3) is 3.91. The Balaban J connectivity index is 2.69. The van der Waals surface area contributed by atoms with Crippen molar-refractivity contribution in [2.45, 2.75) is 31.8 Å². The molecule has 0 saturated carbocycles. The van der Waals surface area contributed by atoms with E-state index in [1.807, 2.05) is 6.92 Å². The van der Waals surface area contributed by atoms with Crippen molar-refractivity contribution in [2.75, 3.05) is 7.11 Å². The normalized spacial score (nSPS) is 14.3. The molecule has 0 spiro atoms. The molecule has 18 heavy (non-hydrogen) atoms. The van der Waals surface area contributed by atoms with E-state index in [1.54, 1.807) is 12.1 Å². The summed E-state index contributed by atoms with van der Waals surface area (Å²) in [6.07, 6.45) is 1.46. The second kappa shape index (κ2) is 6.64. The average molecular weight is 269 g/mol. The molecule has 1 heterocycles. The second-order valence-electron chi connectivity index (χ2n) is 4.50. The number of aromatic nitrogens is 1. The number of rotatable bonds is 5. The minimum absolute atomic E-state index is 0.132. The molecule has 5 heteroatoms. The molecule has 0 aromatic carbocycles. The van der Waals surface area contributed by atoms with Crippen molar-refractivity contribution in [3.8, 4) is 0 Å². The lowest BCUT2D eigenvalue weighted by atomic mass is 10.2. The molecule has 0 aliphatic carbocycles. The molecule has 0 saturated heterocycles. The van der Waals surface area contributed by atoms with E-state index in [9.17, 15) is 9.00 Å². The Morgan fingerprint density at radius 1 is 1.39 bits per heavy atom. The molecule has 4 nitrogen and oxygen atoms in total. The number of carbonyl (C=O) groups excluding carboxylic acids is 1. The zero-order chi connectivity index (χ0) is 13.7. The van der Waals surface area contributed by atoms with Gasteiger partial charge in [0, 0.05) is 22.2 Å². The molecular weight excluding hydrogens is 250 g/mol. The van der Waals surface area contributed by atoms with Gasteiger partial charge in [0.1, 0.15) is 0 Å². The number of ether oxygens (including phenoxy) is 1. The number of methoxy groups -OCH3 is 1.